The highest BCUT2D eigenvalue weighted by atomic mass is 16.5. The van der Waals surface area contributed by atoms with E-state index in [9.17, 15) is 9.90 Å². The molecule has 0 bridgehead atoms. The number of rotatable bonds is 5. The van der Waals surface area contributed by atoms with Crippen molar-refractivity contribution < 1.29 is 19.7 Å². The van der Waals surface area contributed by atoms with Crippen LogP contribution in [0.15, 0.2) is 18.2 Å². The van der Waals surface area contributed by atoms with E-state index in [0.717, 1.165) is 18.4 Å². The largest absolute Gasteiger partial charge is 0.504 e. The van der Waals surface area contributed by atoms with E-state index in [2.05, 4.69) is 0 Å². The first-order chi connectivity index (χ1) is 8.54. The molecule has 2 N–H and O–H groups in total. The molecule has 1 aliphatic rings. The number of carbonyl (C=O) groups is 1. The molecule has 0 heterocycles. The van der Waals surface area contributed by atoms with Crippen molar-refractivity contribution in [1.82, 2.24) is 0 Å². The second-order valence-electron chi connectivity index (χ2n) is 4.98. The molecule has 1 aromatic carbocycles. The van der Waals surface area contributed by atoms with Crippen LogP contribution < -0.4 is 4.74 Å². The van der Waals surface area contributed by atoms with Crippen LogP contribution in [-0.2, 0) is 4.79 Å². The summed E-state index contributed by atoms with van der Waals surface area (Å²) >= 11 is 0. The lowest BCUT2D eigenvalue weighted by atomic mass is 9.93. The van der Waals surface area contributed by atoms with Crippen molar-refractivity contribution in [1.29, 1.82) is 0 Å². The second-order valence-corrected chi connectivity index (χ2v) is 4.98. The van der Waals surface area contributed by atoms with Gasteiger partial charge in [0.1, 0.15) is 0 Å². The Labute approximate surface area is 106 Å². The zero-order chi connectivity index (χ0) is 13.3. The maximum atomic E-state index is 10.8. The molecule has 4 nitrogen and oxygen atoms in total. The van der Waals surface area contributed by atoms with Gasteiger partial charge in [0, 0.05) is 5.56 Å². The Hall–Kier alpha value is -1.71. The van der Waals surface area contributed by atoms with Crippen molar-refractivity contribution in [3.05, 3.63) is 23.8 Å². The van der Waals surface area contributed by atoms with E-state index in [1.54, 1.807) is 6.07 Å². The van der Waals surface area contributed by atoms with Gasteiger partial charge in [-0.25, -0.2) is 0 Å². The lowest BCUT2D eigenvalue weighted by Crippen LogP contribution is -2.02. The summed E-state index contributed by atoms with van der Waals surface area (Å²) in [6, 6.07) is 5.41. The lowest BCUT2D eigenvalue weighted by molar-refractivity contribution is -0.138. The van der Waals surface area contributed by atoms with Gasteiger partial charge in [-0.15, -0.1) is 0 Å². The molecule has 0 radical (unpaired) electrons. The van der Waals surface area contributed by atoms with Crippen LogP contribution in [0.1, 0.15) is 31.2 Å². The maximum Gasteiger partial charge on any atom is 0.306 e. The average Bonchev–Trinajstić information content (AvgIpc) is 3.08. The molecule has 1 fully saturated rings. The van der Waals surface area contributed by atoms with E-state index in [1.807, 2.05) is 19.1 Å². The molecule has 18 heavy (non-hydrogen) atoms. The molecule has 3 unspecified atom stereocenters. The van der Waals surface area contributed by atoms with E-state index in [0.29, 0.717) is 5.75 Å². The van der Waals surface area contributed by atoms with Crippen molar-refractivity contribution >= 4 is 5.97 Å². The van der Waals surface area contributed by atoms with E-state index in [4.69, 9.17) is 9.84 Å². The first-order valence-electron chi connectivity index (χ1n) is 6.13. The van der Waals surface area contributed by atoms with Gasteiger partial charge >= 0.3 is 5.97 Å². The fraction of sp³-hybridized carbons (Fsp3) is 0.500. The Balaban J connectivity index is 2.06. The van der Waals surface area contributed by atoms with Gasteiger partial charge in [-0.1, -0.05) is 19.1 Å². The van der Waals surface area contributed by atoms with Crippen molar-refractivity contribution in [2.75, 3.05) is 7.11 Å². The van der Waals surface area contributed by atoms with Crippen molar-refractivity contribution in [2.45, 2.75) is 25.7 Å². The number of aromatic hydroxyl groups is 1. The normalized spacial score (nSPS) is 23.4. The molecule has 0 spiro atoms. The Bertz CT molecular complexity index is 455. The predicted molar refractivity (Wildman–Crippen MR) is 66.9 cm³/mol. The van der Waals surface area contributed by atoms with E-state index >= 15 is 0 Å². The minimum Gasteiger partial charge on any atom is -0.504 e. The van der Waals surface area contributed by atoms with Crippen LogP contribution >= 0.6 is 0 Å². The standard InChI is InChI=1S/C14H18O4/c1-8(6-9-7-11(9)14(16)17)10-4-3-5-12(18-2)13(10)15/h3-5,8-9,11,15H,6-7H2,1-2H3,(H,16,17). The summed E-state index contributed by atoms with van der Waals surface area (Å²) in [4.78, 5) is 10.8. The molecule has 1 aromatic rings. The van der Waals surface area contributed by atoms with Gasteiger partial charge < -0.3 is 14.9 Å². The second kappa shape index (κ2) is 4.88. The molecule has 2 rings (SSSR count). The quantitative estimate of drug-likeness (QED) is 0.843. The summed E-state index contributed by atoms with van der Waals surface area (Å²) in [5.41, 5.74) is 0.824. The molecular weight excluding hydrogens is 232 g/mol. The Morgan fingerprint density at radius 1 is 1.56 bits per heavy atom. The molecule has 0 saturated heterocycles. The summed E-state index contributed by atoms with van der Waals surface area (Å²) in [6.07, 6.45) is 1.54. The highest BCUT2D eigenvalue weighted by Crippen LogP contribution is 2.47. The number of para-hydroxylation sites is 1. The van der Waals surface area contributed by atoms with Crippen molar-refractivity contribution in [3.63, 3.8) is 0 Å². The number of aliphatic carboxylic acids is 1. The van der Waals surface area contributed by atoms with E-state index in [-0.39, 0.29) is 23.5 Å². The van der Waals surface area contributed by atoms with Crippen LogP contribution in [0.2, 0.25) is 0 Å². The lowest BCUT2D eigenvalue weighted by Gasteiger charge is -2.15. The molecule has 1 aliphatic carbocycles. The van der Waals surface area contributed by atoms with Crippen LogP contribution in [0.25, 0.3) is 0 Å². The predicted octanol–water partition coefficient (Wildman–Crippen LogP) is 2.62. The number of phenolic OH excluding ortho intramolecular Hbond substituents is 1. The highest BCUT2D eigenvalue weighted by molar-refractivity contribution is 5.73. The van der Waals surface area contributed by atoms with Gasteiger partial charge in [0.2, 0.25) is 0 Å². The summed E-state index contributed by atoms with van der Waals surface area (Å²) < 4.78 is 5.07. The zero-order valence-corrected chi connectivity index (χ0v) is 10.6. The maximum absolute atomic E-state index is 10.8. The number of carboxylic acid groups (broad SMARTS) is 1. The molecule has 4 heteroatoms. The molecule has 3 atom stereocenters. The molecule has 0 aliphatic heterocycles. The Morgan fingerprint density at radius 3 is 2.83 bits per heavy atom. The van der Waals surface area contributed by atoms with Gasteiger partial charge in [-0.3, -0.25) is 4.79 Å². The van der Waals surface area contributed by atoms with Crippen LogP contribution in [0, 0.1) is 11.8 Å². The number of methoxy groups -OCH3 is 1. The van der Waals surface area contributed by atoms with Gasteiger partial charge in [-0.05, 0) is 30.7 Å². The molecule has 0 amide bonds. The van der Waals surface area contributed by atoms with Crippen LogP contribution in [0.5, 0.6) is 11.5 Å². The van der Waals surface area contributed by atoms with Crippen LogP contribution in [0.3, 0.4) is 0 Å². The third kappa shape index (κ3) is 2.42. The van der Waals surface area contributed by atoms with Gasteiger partial charge in [0.25, 0.3) is 0 Å². The number of benzene rings is 1. The summed E-state index contributed by atoms with van der Waals surface area (Å²) in [5.74, 6) is 0.102. The molecule has 98 valence electrons. The highest BCUT2D eigenvalue weighted by Gasteiger charge is 2.43. The van der Waals surface area contributed by atoms with E-state index < -0.39 is 5.97 Å². The van der Waals surface area contributed by atoms with Crippen molar-refractivity contribution in [2.24, 2.45) is 11.8 Å². The number of ether oxygens (including phenoxy) is 1. The summed E-state index contributed by atoms with van der Waals surface area (Å²) in [5, 5.41) is 18.9. The average molecular weight is 250 g/mol. The Morgan fingerprint density at radius 2 is 2.28 bits per heavy atom. The number of carboxylic acids is 1. The zero-order valence-electron chi connectivity index (χ0n) is 10.6. The van der Waals surface area contributed by atoms with Crippen LogP contribution in [-0.4, -0.2) is 23.3 Å². The number of hydrogen-bond acceptors (Lipinski definition) is 3. The van der Waals surface area contributed by atoms with Crippen molar-refractivity contribution in [3.8, 4) is 11.5 Å². The molecular formula is C14H18O4. The SMILES string of the molecule is COc1cccc(C(C)CC2CC2C(=O)O)c1O. The van der Waals surface area contributed by atoms with Crippen LogP contribution in [0.4, 0.5) is 0 Å². The Kier molecular flexibility index (Phi) is 3.45. The summed E-state index contributed by atoms with van der Waals surface area (Å²) in [7, 11) is 1.52. The minimum atomic E-state index is -0.706. The first-order valence-corrected chi connectivity index (χ1v) is 6.13. The number of phenols is 1. The third-order valence-corrected chi connectivity index (χ3v) is 3.68. The smallest absolute Gasteiger partial charge is 0.306 e. The molecule has 0 aromatic heterocycles. The summed E-state index contributed by atoms with van der Waals surface area (Å²) in [6.45, 7) is 2.01. The fourth-order valence-corrected chi connectivity index (χ4v) is 2.49. The monoisotopic (exact) mass is 250 g/mol. The van der Waals surface area contributed by atoms with E-state index in [1.165, 1.54) is 7.11 Å². The van der Waals surface area contributed by atoms with Gasteiger partial charge in [-0.2, -0.15) is 0 Å². The molecule has 1 saturated carbocycles. The third-order valence-electron chi connectivity index (χ3n) is 3.68. The number of hydrogen-bond donors (Lipinski definition) is 2. The topological polar surface area (TPSA) is 66.8 Å². The van der Waals surface area contributed by atoms with Gasteiger partial charge in [0.05, 0.1) is 13.0 Å². The minimum absolute atomic E-state index is 0.134. The first kappa shape index (κ1) is 12.7. The van der Waals surface area contributed by atoms with Gasteiger partial charge in [0.15, 0.2) is 11.5 Å². The fourth-order valence-electron chi connectivity index (χ4n) is 2.49.